The smallest absolute Gasteiger partial charge is 0.233 e. The lowest BCUT2D eigenvalue weighted by Crippen LogP contribution is -2.32. The molecule has 1 aromatic heterocycles. The van der Waals surface area contributed by atoms with Crippen LogP contribution in [0.2, 0.25) is 5.02 Å². The van der Waals surface area contributed by atoms with Crippen molar-refractivity contribution in [3.8, 4) is 0 Å². The topological polar surface area (TPSA) is 33.2 Å². The quantitative estimate of drug-likeness (QED) is 0.352. The van der Waals surface area contributed by atoms with Gasteiger partial charge in [0.15, 0.2) is 5.13 Å². The van der Waals surface area contributed by atoms with Gasteiger partial charge in [0.05, 0.1) is 23.2 Å². The van der Waals surface area contributed by atoms with Crippen molar-refractivity contribution in [1.82, 2.24) is 4.98 Å². The molecular weight excluding hydrogens is 412 g/mol. The second kappa shape index (κ2) is 8.58. The van der Waals surface area contributed by atoms with Crippen LogP contribution < -0.4 is 4.90 Å². The average Bonchev–Trinajstić information content (AvgIpc) is 3.17. The molecule has 0 N–H and O–H groups in total. The molecule has 1 heterocycles. The van der Waals surface area contributed by atoms with E-state index in [9.17, 15) is 4.79 Å². The van der Waals surface area contributed by atoms with Crippen LogP contribution in [0.15, 0.2) is 60.7 Å². The van der Waals surface area contributed by atoms with Crippen molar-refractivity contribution < 1.29 is 4.79 Å². The first-order chi connectivity index (χ1) is 14.4. The molecule has 1 amide bonds. The maximum atomic E-state index is 13.5. The zero-order chi connectivity index (χ0) is 21.3. The first kappa shape index (κ1) is 20.6. The van der Waals surface area contributed by atoms with Crippen LogP contribution in [0.4, 0.5) is 5.13 Å². The summed E-state index contributed by atoms with van der Waals surface area (Å²) in [4.78, 5) is 20.1. The van der Waals surface area contributed by atoms with Crippen LogP contribution in [0.25, 0.3) is 10.2 Å². The lowest BCUT2D eigenvalue weighted by molar-refractivity contribution is -0.118. The highest BCUT2D eigenvalue weighted by Crippen LogP contribution is 2.34. The van der Waals surface area contributed by atoms with Gasteiger partial charge in [-0.05, 0) is 55.2 Å². The number of anilines is 1. The number of halogens is 1. The van der Waals surface area contributed by atoms with E-state index in [4.69, 9.17) is 16.6 Å². The second-order valence-corrected chi connectivity index (χ2v) is 9.00. The maximum Gasteiger partial charge on any atom is 0.233 e. The van der Waals surface area contributed by atoms with Crippen LogP contribution in [0.1, 0.15) is 27.8 Å². The Kier molecular flexibility index (Phi) is 5.89. The first-order valence-electron chi connectivity index (χ1n) is 9.88. The van der Waals surface area contributed by atoms with Crippen LogP contribution in [0, 0.1) is 20.8 Å². The molecule has 0 aliphatic carbocycles. The van der Waals surface area contributed by atoms with Crippen molar-refractivity contribution in [2.75, 3.05) is 4.90 Å². The van der Waals surface area contributed by atoms with E-state index in [1.807, 2.05) is 56.3 Å². The molecule has 30 heavy (non-hydrogen) atoms. The Morgan fingerprint density at radius 2 is 1.80 bits per heavy atom. The van der Waals surface area contributed by atoms with E-state index < -0.39 is 0 Å². The summed E-state index contributed by atoms with van der Waals surface area (Å²) in [7, 11) is 0. The van der Waals surface area contributed by atoms with Gasteiger partial charge in [0, 0.05) is 5.02 Å². The molecule has 0 bridgehead atoms. The van der Waals surface area contributed by atoms with Crippen molar-refractivity contribution in [1.29, 1.82) is 0 Å². The fraction of sp³-hybridized carbons (Fsp3) is 0.200. The molecule has 3 nitrogen and oxygen atoms in total. The van der Waals surface area contributed by atoms with Crippen LogP contribution in [0.5, 0.6) is 0 Å². The third-order valence-corrected chi connectivity index (χ3v) is 6.75. The van der Waals surface area contributed by atoms with E-state index in [1.54, 1.807) is 4.90 Å². The predicted molar refractivity (Wildman–Crippen MR) is 127 cm³/mol. The summed E-state index contributed by atoms with van der Waals surface area (Å²) in [6.45, 7) is 6.55. The van der Waals surface area contributed by atoms with Gasteiger partial charge < -0.3 is 0 Å². The Balaban J connectivity index is 1.73. The number of nitrogens with zero attached hydrogens (tertiary/aromatic N) is 2. The Labute approximate surface area is 186 Å². The molecule has 0 saturated carbocycles. The molecular formula is C25H23ClN2OS. The van der Waals surface area contributed by atoms with Crippen molar-refractivity contribution in [3.63, 3.8) is 0 Å². The van der Waals surface area contributed by atoms with Gasteiger partial charge in [0.2, 0.25) is 5.91 Å². The normalized spacial score (nSPS) is 11.1. The number of benzene rings is 3. The summed E-state index contributed by atoms with van der Waals surface area (Å²) in [6.07, 6.45) is 0.343. The highest BCUT2D eigenvalue weighted by Gasteiger charge is 2.22. The number of fused-ring (bicyclic) bond motifs is 1. The van der Waals surface area contributed by atoms with Gasteiger partial charge in [-0.15, -0.1) is 0 Å². The number of carbonyl (C=O) groups is 1. The number of thiazole rings is 1. The van der Waals surface area contributed by atoms with Crippen LogP contribution in [-0.2, 0) is 17.8 Å². The van der Waals surface area contributed by atoms with E-state index in [1.165, 1.54) is 11.3 Å². The molecule has 152 valence electrons. The summed E-state index contributed by atoms with van der Waals surface area (Å²) in [6, 6.07) is 20.1. The van der Waals surface area contributed by atoms with Crippen LogP contribution in [0.3, 0.4) is 0 Å². The molecule has 0 radical (unpaired) electrons. The van der Waals surface area contributed by atoms with E-state index in [-0.39, 0.29) is 5.91 Å². The van der Waals surface area contributed by atoms with Gasteiger partial charge in [-0.1, -0.05) is 77.0 Å². The van der Waals surface area contributed by atoms with Gasteiger partial charge in [-0.25, -0.2) is 4.98 Å². The number of rotatable bonds is 5. The fourth-order valence-electron chi connectivity index (χ4n) is 3.48. The van der Waals surface area contributed by atoms with Crippen molar-refractivity contribution in [2.24, 2.45) is 0 Å². The highest BCUT2D eigenvalue weighted by molar-refractivity contribution is 7.22. The molecule has 0 atom stereocenters. The zero-order valence-electron chi connectivity index (χ0n) is 17.3. The molecule has 0 aliphatic heterocycles. The molecule has 4 aromatic rings. The number of aromatic nitrogens is 1. The third kappa shape index (κ3) is 4.25. The van der Waals surface area contributed by atoms with Crippen molar-refractivity contribution in [2.45, 2.75) is 33.7 Å². The molecule has 0 aliphatic rings. The van der Waals surface area contributed by atoms with Crippen LogP contribution >= 0.6 is 22.9 Å². The number of hydrogen-bond acceptors (Lipinski definition) is 3. The Hall–Kier alpha value is -2.69. The monoisotopic (exact) mass is 434 g/mol. The van der Waals surface area contributed by atoms with Gasteiger partial charge in [-0.3, -0.25) is 9.69 Å². The molecule has 5 heteroatoms. The average molecular weight is 435 g/mol. The van der Waals surface area contributed by atoms with Crippen molar-refractivity contribution in [3.05, 3.63) is 93.5 Å². The van der Waals surface area contributed by atoms with Gasteiger partial charge in [0.1, 0.15) is 0 Å². The molecule has 0 fully saturated rings. The predicted octanol–water partition coefficient (Wildman–Crippen LogP) is 6.65. The van der Waals surface area contributed by atoms with E-state index in [2.05, 4.69) is 25.1 Å². The Morgan fingerprint density at radius 3 is 2.57 bits per heavy atom. The highest BCUT2D eigenvalue weighted by atomic mass is 35.5. The van der Waals surface area contributed by atoms with E-state index in [0.29, 0.717) is 23.1 Å². The summed E-state index contributed by atoms with van der Waals surface area (Å²) in [5.41, 5.74) is 6.21. The Morgan fingerprint density at radius 1 is 1.03 bits per heavy atom. The molecule has 3 aromatic carbocycles. The SMILES string of the molecule is Cc1ccc(C)c(CC(=O)N(Cc2ccccc2)c2nc3c(C)c(Cl)ccc3s2)c1. The number of hydrogen-bond donors (Lipinski definition) is 0. The van der Waals surface area contributed by atoms with Crippen molar-refractivity contribution >= 4 is 44.2 Å². The fourth-order valence-corrected chi connectivity index (χ4v) is 4.68. The van der Waals surface area contributed by atoms with E-state index >= 15 is 0 Å². The minimum atomic E-state index is 0.0374. The summed E-state index contributed by atoms with van der Waals surface area (Å²) in [5, 5.41) is 1.39. The number of aryl methyl sites for hydroxylation is 3. The molecule has 0 unspecified atom stereocenters. The standard InChI is InChI=1S/C25H23ClN2OS/c1-16-9-10-17(2)20(13-16)14-23(29)28(15-19-7-5-4-6-8-19)25-27-24-18(3)21(26)11-12-22(24)30-25/h4-13H,14-15H2,1-3H3. The molecule has 0 saturated heterocycles. The largest absolute Gasteiger partial charge is 0.283 e. The zero-order valence-corrected chi connectivity index (χ0v) is 18.8. The molecule has 0 spiro atoms. The van der Waals surface area contributed by atoms with E-state index in [0.717, 1.165) is 38.0 Å². The van der Waals surface area contributed by atoms with Crippen LogP contribution in [-0.4, -0.2) is 10.9 Å². The second-order valence-electron chi connectivity index (χ2n) is 7.59. The van der Waals surface area contributed by atoms with Gasteiger partial charge >= 0.3 is 0 Å². The summed E-state index contributed by atoms with van der Waals surface area (Å²) in [5.74, 6) is 0.0374. The summed E-state index contributed by atoms with van der Waals surface area (Å²) >= 11 is 7.82. The third-order valence-electron chi connectivity index (χ3n) is 5.30. The minimum absolute atomic E-state index is 0.0374. The lowest BCUT2D eigenvalue weighted by Gasteiger charge is -2.21. The Bertz CT molecular complexity index is 1220. The van der Waals surface area contributed by atoms with Gasteiger partial charge in [-0.2, -0.15) is 0 Å². The molecule has 4 rings (SSSR count). The van der Waals surface area contributed by atoms with Gasteiger partial charge in [0.25, 0.3) is 0 Å². The number of amides is 1. The first-order valence-corrected chi connectivity index (χ1v) is 11.1. The minimum Gasteiger partial charge on any atom is -0.283 e. The summed E-state index contributed by atoms with van der Waals surface area (Å²) < 4.78 is 1.03. The number of carbonyl (C=O) groups excluding carboxylic acids is 1. The maximum absolute atomic E-state index is 13.5. The lowest BCUT2D eigenvalue weighted by atomic mass is 10.0.